The molecule has 11 heteroatoms. The van der Waals surface area contributed by atoms with Gasteiger partial charge in [0.15, 0.2) is 6.10 Å². The molecule has 264 valence electrons. The van der Waals surface area contributed by atoms with Crippen LogP contribution in [-0.4, -0.2) is 44.0 Å². The number of carboxylic acids is 1. The number of aromatic nitrogens is 2. The van der Waals surface area contributed by atoms with Crippen LogP contribution in [0.5, 0.6) is 23.0 Å². The maximum Gasteiger partial charge on any atom is 0.333 e. The summed E-state index contributed by atoms with van der Waals surface area (Å²) in [6.07, 6.45) is 0.700. The zero-order valence-electron chi connectivity index (χ0n) is 28.8. The maximum atomic E-state index is 13.2. The minimum Gasteiger partial charge on any atom is -0.507 e. The quantitative estimate of drug-likeness (QED) is 0.136. The lowest BCUT2D eigenvalue weighted by Crippen LogP contribution is -2.42. The fraction of sp³-hybridized carbons (Fsp3) is 0.333. The van der Waals surface area contributed by atoms with E-state index in [-0.39, 0.29) is 37.9 Å². The second-order valence-electron chi connectivity index (χ2n) is 13.0. The number of aromatic hydroxyl groups is 1. The zero-order valence-corrected chi connectivity index (χ0v) is 29.6. The summed E-state index contributed by atoms with van der Waals surface area (Å²) in [4.78, 5) is 16.5. The number of fused-ring (bicyclic) bond motifs is 2. The summed E-state index contributed by atoms with van der Waals surface area (Å²) >= 11 is 0. The van der Waals surface area contributed by atoms with Crippen LogP contribution in [0.1, 0.15) is 52.5 Å². The third kappa shape index (κ3) is 7.82. The van der Waals surface area contributed by atoms with Crippen LogP contribution in [0, 0.1) is 26.6 Å². The van der Waals surface area contributed by atoms with Gasteiger partial charge in [-0.05, 0) is 105 Å². The van der Waals surface area contributed by atoms with E-state index in [1.807, 2.05) is 62.7 Å². The number of imidazole rings is 1. The van der Waals surface area contributed by atoms with Crippen molar-refractivity contribution in [1.29, 1.82) is 0 Å². The Morgan fingerprint density at radius 3 is 2.34 bits per heavy atom. The van der Waals surface area contributed by atoms with Gasteiger partial charge >= 0.3 is 5.97 Å². The number of nitrogens with zero attached hydrogens (tertiary/aromatic N) is 2. The molecule has 0 saturated heterocycles. The predicted octanol–water partition coefficient (Wildman–Crippen LogP) is 7.72. The van der Waals surface area contributed by atoms with Gasteiger partial charge < -0.3 is 33.7 Å². The van der Waals surface area contributed by atoms with Gasteiger partial charge in [0.2, 0.25) is 0 Å². The Labute approximate surface area is 297 Å². The van der Waals surface area contributed by atoms with Gasteiger partial charge in [0.1, 0.15) is 53.5 Å². The topological polar surface area (TPSA) is 112 Å². The largest absolute Gasteiger partial charge is 0.507 e. The number of carboxylic acid groups (broad SMARTS) is 1. The minimum atomic E-state index is -1.07. The Bertz CT molecular complexity index is 2000. The molecular formula is C39H42ClFN2O7. The second-order valence-corrected chi connectivity index (χ2v) is 13.0. The average Bonchev–Trinajstić information content (AvgIpc) is 3.41. The maximum absolute atomic E-state index is 13.2. The van der Waals surface area contributed by atoms with Crippen LogP contribution in [0.15, 0.2) is 66.7 Å². The summed E-state index contributed by atoms with van der Waals surface area (Å²) in [5.41, 5.74) is 6.44. The molecule has 9 nitrogen and oxygen atoms in total. The number of ether oxygens (including phenoxy) is 4. The van der Waals surface area contributed by atoms with Crippen LogP contribution in [0.3, 0.4) is 0 Å². The molecule has 0 spiro atoms. The lowest BCUT2D eigenvalue weighted by Gasteiger charge is -2.37. The van der Waals surface area contributed by atoms with Gasteiger partial charge in [-0.1, -0.05) is 24.3 Å². The summed E-state index contributed by atoms with van der Waals surface area (Å²) < 4.78 is 39.6. The Kier molecular flexibility index (Phi) is 10.9. The van der Waals surface area contributed by atoms with Gasteiger partial charge in [0.25, 0.3) is 0 Å². The van der Waals surface area contributed by atoms with E-state index in [1.165, 1.54) is 12.1 Å². The molecule has 0 radical (unpaired) electrons. The number of aryl methyl sites for hydroxylation is 1. The summed E-state index contributed by atoms with van der Waals surface area (Å²) in [5.74, 6) is 1.84. The molecule has 4 aromatic carbocycles. The monoisotopic (exact) mass is 704 g/mol. The van der Waals surface area contributed by atoms with Gasteiger partial charge in [-0.3, -0.25) is 0 Å². The summed E-state index contributed by atoms with van der Waals surface area (Å²) in [7, 11) is 1.93. The molecule has 1 aliphatic rings. The van der Waals surface area contributed by atoms with Crippen molar-refractivity contribution in [2.24, 2.45) is 7.05 Å². The van der Waals surface area contributed by atoms with Gasteiger partial charge in [-0.25, -0.2) is 14.2 Å². The first-order valence-electron chi connectivity index (χ1n) is 16.3. The average molecular weight is 705 g/mol. The van der Waals surface area contributed by atoms with Crippen molar-refractivity contribution in [3.8, 4) is 23.0 Å². The number of hydrogen-bond acceptors (Lipinski definition) is 7. The highest BCUT2D eigenvalue weighted by Crippen LogP contribution is 2.43. The van der Waals surface area contributed by atoms with Crippen molar-refractivity contribution in [3.05, 3.63) is 112 Å². The highest BCUT2D eigenvalue weighted by atomic mass is 35.5. The molecule has 6 rings (SSSR count). The molecular weight excluding hydrogens is 663 g/mol. The first-order valence-corrected chi connectivity index (χ1v) is 16.3. The molecule has 50 heavy (non-hydrogen) atoms. The van der Waals surface area contributed by atoms with E-state index in [2.05, 4.69) is 6.92 Å². The van der Waals surface area contributed by atoms with Crippen LogP contribution in [0.25, 0.3) is 11.0 Å². The van der Waals surface area contributed by atoms with Crippen molar-refractivity contribution in [2.45, 2.75) is 71.9 Å². The molecule has 0 saturated carbocycles. The smallest absolute Gasteiger partial charge is 0.333 e. The molecule has 0 amide bonds. The van der Waals surface area contributed by atoms with Crippen LogP contribution < -0.4 is 14.2 Å². The number of rotatable bonds is 12. The van der Waals surface area contributed by atoms with Crippen molar-refractivity contribution in [3.63, 3.8) is 0 Å². The number of halogens is 2. The van der Waals surface area contributed by atoms with E-state index in [1.54, 1.807) is 24.3 Å². The lowest BCUT2D eigenvalue weighted by atomic mass is 9.87. The zero-order chi connectivity index (χ0) is 34.9. The number of benzene rings is 4. The standard InChI is InChI=1S/C39H41FN2O7.ClH/c1-23-24(2)37-31(25(3)36(23)43)16-17-39(4,49-37)22-48-30-14-15-32-33(19-30)42(5)35(41-32)21-46-29-12-8-26(9-13-29)18-34(38(44)45)47-20-27-6-10-28(40)11-7-27;/h6-15,19,34,43H,16-18,20-22H2,1-5H3,(H,44,45);1H. The van der Waals surface area contributed by atoms with Crippen molar-refractivity contribution < 1.29 is 38.3 Å². The summed E-state index contributed by atoms with van der Waals surface area (Å²) in [5, 5.41) is 20.2. The highest BCUT2D eigenvalue weighted by Gasteiger charge is 2.35. The van der Waals surface area contributed by atoms with Gasteiger partial charge in [0, 0.05) is 25.1 Å². The van der Waals surface area contributed by atoms with E-state index < -0.39 is 17.7 Å². The lowest BCUT2D eigenvalue weighted by molar-refractivity contribution is -0.151. The Morgan fingerprint density at radius 2 is 1.64 bits per heavy atom. The van der Waals surface area contributed by atoms with Gasteiger partial charge in [0.05, 0.1) is 17.6 Å². The number of phenols is 1. The molecule has 1 aliphatic heterocycles. The molecule has 1 aromatic heterocycles. The predicted molar refractivity (Wildman–Crippen MR) is 190 cm³/mol. The third-order valence-electron chi connectivity index (χ3n) is 9.43. The van der Waals surface area contributed by atoms with E-state index in [9.17, 15) is 19.4 Å². The Hall–Kier alpha value is -4.80. The van der Waals surface area contributed by atoms with Gasteiger partial charge in [-0.15, -0.1) is 12.4 Å². The van der Waals surface area contributed by atoms with E-state index in [4.69, 9.17) is 23.9 Å². The molecule has 5 aromatic rings. The van der Waals surface area contributed by atoms with Crippen molar-refractivity contribution in [2.75, 3.05) is 6.61 Å². The fourth-order valence-corrected chi connectivity index (χ4v) is 6.15. The second kappa shape index (κ2) is 15.0. The number of carbonyl (C=O) groups is 1. The normalized spacial score (nSPS) is 15.9. The Balaban J connectivity index is 0.00000486. The molecule has 0 bridgehead atoms. The van der Waals surface area contributed by atoms with Crippen molar-refractivity contribution >= 4 is 29.4 Å². The number of aliphatic carboxylic acids is 1. The summed E-state index contributed by atoms with van der Waals surface area (Å²) in [6, 6.07) is 18.8. The van der Waals surface area contributed by atoms with Crippen molar-refractivity contribution in [1.82, 2.24) is 9.55 Å². The molecule has 2 N–H and O–H groups in total. The van der Waals surface area contributed by atoms with E-state index in [0.717, 1.165) is 63.3 Å². The van der Waals surface area contributed by atoms with Crippen LogP contribution in [0.4, 0.5) is 4.39 Å². The molecule has 2 atom stereocenters. The van der Waals surface area contributed by atoms with Crippen LogP contribution in [-0.2, 0) is 42.6 Å². The minimum absolute atomic E-state index is 0. The third-order valence-corrected chi connectivity index (χ3v) is 9.43. The summed E-state index contributed by atoms with van der Waals surface area (Å²) in [6.45, 7) is 8.58. The Morgan fingerprint density at radius 1 is 0.960 bits per heavy atom. The molecule has 0 fully saturated rings. The molecule has 2 unspecified atom stereocenters. The highest BCUT2D eigenvalue weighted by molar-refractivity contribution is 5.85. The van der Waals surface area contributed by atoms with E-state index >= 15 is 0 Å². The number of phenolic OH excluding ortho intramolecular Hbond substituents is 1. The SMILES string of the molecule is Cc1c(C)c2c(c(C)c1O)CCC(C)(COc1ccc3nc(COc4ccc(CC(OCc5ccc(F)cc5)C(=O)O)cc4)n(C)c3c1)O2.Cl. The van der Waals surface area contributed by atoms with E-state index in [0.29, 0.717) is 29.4 Å². The van der Waals surface area contributed by atoms with Gasteiger partial charge in [-0.2, -0.15) is 0 Å². The number of hydrogen-bond donors (Lipinski definition) is 2. The van der Waals surface area contributed by atoms with Crippen LogP contribution in [0.2, 0.25) is 0 Å². The fourth-order valence-electron chi connectivity index (χ4n) is 6.15. The first-order chi connectivity index (χ1) is 23.4. The van der Waals surface area contributed by atoms with Crippen LogP contribution >= 0.6 is 12.4 Å². The molecule has 2 heterocycles. The first kappa shape index (κ1) is 36.5. The molecule has 0 aliphatic carbocycles.